The van der Waals surface area contributed by atoms with Crippen LogP contribution >= 0.6 is 0 Å². The molecule has 1 fully saturated rings. The average molecular weight is 327 g/mol. The highest BCUT2D eigenvalue weighted by Gasteiger charge is 2.41. The summed E-state index contributed by atoms with van der Waals surface area (Å²) in [5.41, 5.74) is 2.36. The predicted molar refractivity (Wildman–Crippen MR) is 90.9 cm³/mol. The van der Waals surface area contributed by atoms with Gasteiger partial charge < -0.3 is 10.2 Å². The third kappa shape index (κ3) is 2.79. The van der Waals surface area contributed by atoms with Crippen LogP contribution in [0.15, 0.2) is 30.0 Å². The maximum atomic E-state index is 12.7. The molecule has 3 rings (SSSR count). The van der Waals surface area contributed by atoms with Gasteiger partial charge >= 0.3 is 0 Å². The molecule has 126 valence electrons. The van der Waals surface area contributed by atoms with Gasteiger partial charge in [0.15, 0.2) is 0 Å². The third-order valence-corrected chi connectivity index (χ3v) is 4.38. The molecule has 0 bridgehead atoms. The number of nitrogens with one attached hydrogen (secondary N) is 1. The Balaban J connectivity index is 2.01. The summed E-state index contributed by atoms with van der Waals surface area (Å²) in [5.74, 6) is -0.592. The summed E-state index contributed by atoms with van der Waals surface area (Å²) >= 11 is 0. The molecule has 24 heavy (non-hydrogen) atoms. The fourth-order valence-electron chi connectivity index (χ4n) is 3.27. The Morgan fingerprint density at radius 1 is 1.08 bits per heavy atom. The van der Waals surface area contributed by atoms with Gasteiger partial charge in [-0.1, -0.05) is 12.1 Å². The van der Waals surface area contributed by atoms with Gasteiger partial charge in [-0.2, -0.15) is 0 Å². The maximum Gasteiger partial charge on any atom is 0.277 e. The van der Waals surface area contributed by atoms with E-state index < -0.39 is 0 Å². The first-order chi connectivity index (χ1) is 11.5. The van der Waals surface area contributed by atoms with Crippen molar-refractivity contribution in [3.05, 3.63) is 35.5 Å². The molecule has 0 atom stereocenters. The zero-order valence-corrected chi connectivity index (χ0v) is 14.0. The zero-order chi connectivity index (χ0) is 17.3. The Morgan fingerprint density at radius 3 is 2.25 bits per heavy atom. The molecule has 1 aromatic carbocycles. The molecule has 2 aliphatic rings. The van der Waals surface area contributed by atoms with Gasteiger partial charge in [-0.05, 0) is 37.5 Å². The normalized spacial score (nSPS) is 17.9. The van der Waals surface area contributed by atoms with Crippen molar-refractivity contribution in [2.75, 3.05) is 25.0 Å². The number of rotatable bonds is 4. The van der Waals surface area contributed by atoms with Gasteiger partial charge in [0.05, 0.1) is 5.57 Å². The van der Waals surface area contributed by atoms with Crippen molar-refractivity contribution in [1.29, 1.82) is 0 Å². The molecule has 6 nitrogen and oxygen atoms in total. The number of carbonyl (C=O) groups excluding carboxylic acids is 3. The van der Waals surface area contributed by atoms with Gasteiger partial charge in [-0.25, -0.2) is 0 Å². The predicted octanol–water partition coefficient (Wildman–Crippen LogP) is 1.84. The lowest BCUT2D eigenvalue weighted by Crippen LogP contribution is -2.34. The molecule has 1 N–H and O–H groups in total. The first-order valence-electron chi connectivity index (χ1n) is 8.26. The number of nitrogens with zero attached hydrogens (tertiary/aromatic N) is 2. The molecular weight excluding hydrogens is 306 g/mol. The summed E-state index contributed by atoms with van der Waals surface area (Å²) in [7, 11) is 0. The van der Waals surface area contributed by atoms with Gasteiger partial charge in [0, 0.05) is 32.2 Å². The monoisotopic (exact) mass is 327 g/mol. The fourth-order valence-corrected chi connectivity index (χ4v) is 3.27. The SMILES string of the molecule is CCN1C(=O)C(c2ccc(NC(C)=O)cc2)=C(N2CCCC2)C1=O. The molecule has 1 aromatic rings. The molecule has 0 saturated carbocycles. The van der Waals surface area contributed by atoms with Crippen LogP contribution in [0.1, 0.15) is 32.3 Å². The van der Waals surface area contributed by atoms with E-state index in [1.54, 1.807) is 31.2 Å². The number of benzene rings is 1. The molecule has 0 unspecified atom stereocenters. The van der Waals surface area contributed by atoms with Gasteiger partial charge in [0.2, 0.25) is 5.91 Å². The summed E-state index contributed by atoms with van der Waals surface area (Å²) in [5, 5.41) is 2.70. The number of anilines is 1. The number of hydrogen-bond acceptors (Lipinski definition) is 4. The van der Waals surface area contributed by atoms with Crippen LogP contribution in [-0.4, -0.2) is 47.2 Å². The van der Waals surface area contributed by atoms with E-state index >= 15 is 0 Å². The Labute approximate surface area is 141 Å². The highest BCUT2D eigenvalue weighted by atomic mass is 16.2. The summed E-state index contributed by atoms with van der Waals surface area (Å²) in [6.45, 7) is 5.22. The number of amides is 3. The Bertz CT molecular complexity index is 716. The van der Waals surface area contributed by atoms with Gasteiger partial charge in [-0.15, -0.1) is 0 Å². The van der Waals surface area contributed by atoms with Crippen LogP contribution in [0.3, 0.4) is 0 Å². The van der Waals surface area contributed by atoms with E-state index in [0.29, 0.717) is 29.1 Å². The number of carbonyl (C=O) groups is 3. The van der Waals surface area contributed by atoms with Gasteiger partial charge in [0.1, 0.15) is 5.70 Å². The van der Waals surface area contributed by atoms with Crippen molar-refractivity contribution >= 4 is 29.0 Å². The molecule has 1 saturated heterocycles. The van der Waals surface area contributed by atoms with Crippen LogP contribution in [0.2, 0.25) is 0 Å². The Kier molecular flexibility index (Phi) is 4.38. The highest BCUT2D eigenvalue weighted by Crippen LogP contribution is 2.33. The van der Waals surface area contributed by atoms with Crippen LogP contribution in [0.5, 0.6) is 0 Å². The maximum absolute atomic E-state index is 12.7. The molecule has 2 aliphatic heterocycles. The second-order valence-electron chi connectivity index (χ2n) is 6.03. The molecule has 0 spiro atoms. The third-order valence-electron chi connectivity index (χ3n) is 4.38. The van der Waals surface area contributed by atoms with E-state index in [4.69, 9.17) is 0 Å². The van der Waals surface area contributed by atoms with Crippen LogP contribution < -0.4 is 5.32 Å². The van der Waals surface area contributed by atoms with Crippen molar-refractivity contribution in [1.82, 2.24) is 9.80 Å². The highest BCUT2D eigenvalue weighted by molar-refractivity contribution is 6.35. The lowest BCUT2D eigenvalue weighted by molar-refractivity contribution is -0.137. The zero-order valence-electron chi connectivity index (χ0n) is 14.0. The minimum Gasteiger partial charge on any atom is -0.366 e. The lowest BCUT2D eigenvalue weighted by Gasteiger charge is -2.19. The molecule has 3 amide bonds. The number of likely N-dealkylation sites (tertiary alicyclic amines) is 1. The topological polar surface area (TPSA) is 69.7 Å². The summed E-state index contributed by atoms with van der Waals surface area (Å²) in [6, 6.07) is 7.05. The Morgan fingerprint density at radius 2 is 1.71 bits per heavy atom. The van der Waals surface area contributed by atoms with Crippen molar-refractivity contribution < 1.29 is 14.4 Å². The summed E-state index contributed by atoms with van der Waals surface area (Å²) < 4.78 is 0. The molecule has 0 radical (unpaired) electrons. The van der Waals surface area contributed by atoms with Crippen LogP contribution in [-0.2, 0) is 14.4 Å². The second-order valence-corrected chi connectivity index (χ2v) is 6.03. The van der Waals surface area contributed by atoms with E-state index in [1.165, 1.54) is 11.8 Å². The smallest absolute Gasteiger partial charge is 0.277 e. The van der Waals surface area contributed by atoms with Gasteiger partial charge in [-0.3, -0.25) is 19.3 Å². The quantitative estimate of drug-likeness (QED) is 0.857. The van der Waals surface area contributed by atoms with E-state index in [0.717, 1.165) is 25.9 Å². The summed E-state index contributed by atoms with van der Waals surface area (Å²) in [4.78, 5) is 39.8. The van der Waals surface area contributed by atoms with Crippen LogP contribution in [0.4, 0.5) is 5.69 Å². The number of likely N-dealkylation sites (N-methyl/N-ethyl adjacent to an activating group) is 1. The molecule has 6 heteroatoms. The number of imide groups is 1. The largest absolute Gasteiger partial charge is 0.366 e. The van der Waals surface area contributed by atoms with E-state index in [-0.39, 0.29) is 17.7 Å². The standard InChI is InChI=1S/C18H21N3O3/c1-3-21-17(23)15(16(18(21)24)20-10-4-5-11-20)13-6-8-14(9-7-13)19-12(2)22/h6-9H,3-5,10-11H2,1-2H3,(H,19,22). The fraction of sp³-hybridized carbons (Fsp3) is 0.389. The molecule has 0 aliphatic carbocycles. The minimum atomic E-state index is -0.239. The van der Waals surface area contributed by atoms with Crippen molar-refractivity contribution in [3.8, 4) is 0 Å². The van der Waals surface area contributed by atoms with E-state index in [2.05, 4.69) is 5.32 Å². The minimum absolute atomic E-state index is 0.149. The lowest BCUT2D eigenvalue weighted by atomic mass is 10.0. The molecular formula is C18H21N3O3. The Hall–Kier alpha value is -2.63. The first-order valence-corrected chi connectivity index (χ1v) is 8.26. The van der Waals surface area contributed by atoms with Crippen molar-refractivity contribution in [3.63, 3.8) is 0 Å². The van der Waals surface area contributed by atoms with Crippen LogP contribution in [0.25, 0.3) is 5.57 Å². The second kappa shape index (κ2) is 6.47. The molecule has 2 heterocycles. The first kappa shape index (κ1) is 16.2. The van der Waals surface area contributed by atoms with E-state index in [9.17, 15) is 14.4 Å². The average Bonchev–Trinajstić information content (AvgIpc) is 3.14. The number of hydrogen-bond donors (Lipinski definition) is 1. The van der Waals surface area contributed by atoms with E-state index in [1.807, 2.05) is 4.90 Å². The molecule has 0 aromatic heterocycles. The summed E-state index contributed by atoms with van der Waals surface area (Å²) in [6.07, 6.45) is 2.07. The van der Waals surface area contributed by atoms with Crippen LogP contribution in [0, 0.1) is 0 Å². The van der Waals surface area contributed by atoms with Crippen molar-refractivity contribution in [2.45, 2.75) is 26.7 Å². The van der Waals surface area contributed by atoms with Crippen molar-refractivity contribution in [2.24, 2.45) is 0 Å². The van der Waals surface area contributed by atoms with Gasteiger partial charge in [0.25, 0.3) is 11.8 Å².